The van der Waals surface area contributed by atoms with Crippen LogP contribution in [0.5, 0.6) is 0 Å². The number of benzene rings is 1. The van der Waals surface area contributed by atoms with E-state index in [2.05, 4.69) is 5.10 Å². The van der Waals surface area contributed by atoms with E-state index in [0.717, 1.165) is 5.56 Å². The molecule has 0 radical (unpaired) electrons. The number of halogens is 1. The van der Waals surface area contributed by atoms with Crippen molar-refractivity contribution in [1.82, 2.24) is 9.78 Å². The molecular weight excluding hydrogens is 181 g/mol. The van der Waals surface area contributed by atoms with Crippen LogP contribution < -0.4 is 5.73 Å². The third-order valence-corrected chi connectivity index (χ3v) is 1.93. The average Bonchev–Trinajstić information content (AvgIpc) is 2.51. The predicted molar refractivity (Wildman–Crippen MR) is 52.7 cm³/mol. The maximum absolute atomic E-state index is 13.4. The number of hydrogen-bond donors (Lipinski definition) is 1. The van der Waals surface area contributed by atoms with Crippen LogP contribution in [0.2, 0.25) is 0 Å². The molecule has 2 N–H and O–H groups in total. The summed E-state index contributed by atoms with van der Waals surface area (Å²) >= 11 is 0. The minimum Gasteiger partial charge on any atom is -0.399 e. The molecule has 4 heteroatoms. The van der Waals surface area contributed by atoms with Crippen LogP contribution in [-0.4, -0.2) is 9.78 Å². The van der Waals surface area contributed by atoms with Crippen LogP contribution in [0.1, 0.15) is 5.56 Å². The summed E-state index contributed by atoms with van der Waals surface area (Å²) in [7, 11) is 0. The maximum Gasteiger partial charge on any atom is 0.150 e. The van der Waals surface area contributed by atoms with Crippen molar-refractivity contribution in [3.05, 3.63) is 42.0 Å². The summed E-state index contributed by atoms with van der Waals surface area (Å²) < 4.78 is 14.9. The summed E-state index contributed by atoms with van der Waals surface area (Å²) in [4.78, 5) is 0. The quantitative estimate of drug-likeness (QED) is 0.699. The Morgan fingerprint density at radius 1 is 1.43 bits per heavy atom. The molecule has 0 aliphatic heterocycles. The number of hydrogen-bond acceptors (Lipinski definition) is 2. The molecule has 1 aromatic carbocycles. The first kappa shape index (κ1) is 8.74. The van der Waals surface area contributed by atoms with Gasteiger partial charge in [0, 0.05) is 11.9 Å². The first-order valence-electron chi connectivity index (χ1n) is 4.23. The highest BCUT2D eigenvalue weighted by atomic mass is 19.1. The highest BCUT2D eigenvalue weighted by Crippen LogP contribution is 2.15. The molecule has 0 bridgehead atoms. The lowest BCUT2D eigenvalue weighted by molar-refractivity contribution is 0.611. The molecule has 0 fully saturated rings. The Morgan fingerprint density at radius 3 is 2.79 bits per heavy atom. The number of rotatable bonds is 1. The molecule has 2 aromatic rings. The fourth-order valence-electron chi connectivity index (χ4n) is 1.25. The third kappa shape index (κ3) is 1.46. The largest absolute Gasteiger partial charge is 0.399 e. The first-order valence-corrected chi connectivity index (χ1v) is 4.23. The number of nitrogens with two attached hydrogens (primary N) is 1. The second kappa shape index (κ2) is 3.14. The minimum atomic E-state index is -0.367. The van der Waals surface area contributed by atoms with Crippen molar-refractivity contribution in [3.8, 4) is 5.69 Å². The molecule has 14 heavy (non-hydrogen) atoms. The maximum atomic E-state index is 13.4. The van der Waals surface area contributed by atoms with Crippen molar-refractivity contribution >= 4 is 5.69 Å². The molecule has 72 valence electrons. The lowest BCUT2D eigenvalue weighted by Gasteiger charge is -2.03. The Balaban J connectivity index is 2.52. The SMILES string of the molecule is Cc1cnn(-c2ccc(N)cc2F)c1. The first-order chi connectivity index (χ1) is 6.66. The number of anilines is 1. The van der Waals surface area contributed by atoms with E-state index in [1.165, 1.54) is 10.7 Å². The lowest BCUT2D eigenvalue weighted by Crippen LogP contribution is -1.98. The van der Waals surface area contributed by atoms with Crippen molar-refractivity contribution in [2.75, 3.05) is 5.73 Å². The van der Waals surface area contributed by atoms with Crippen molar-refractivity contribution in [2.45, 2.75) is 6.92 Å². The lowest BCUT2D eigenvalue weighted by atomic mass is 10.3. The van der Waals surface area contributed by atoms with Gasteiger partial charge in [0.15, 0.2) is 5.82 Å². The zero-order chi connectivity index (χ0) is 10.1. The molecule has 0 aliphatic rings. The number of nitrogens with zero attached hydrogens (tertiary/aromatic N) is 2. The van der Waals surface area contributed by atoms with Crippen molar-refractivity contribution < 1.29 is 4.39 Å². The molecule has 0 aliphatic carbocycles. The zero-order valence-electron chi connectivity index (χ0n) is 7.74. The summed E-state index contributed by atoms with van der Waals surface area (Å²) in [6.45, 7) is 1.90. The van der Waals surface area contributed by atoms with Crippen LogP contribution in [0.4, 0.5) is 10.1 Å². The van der Waals surface area contributed by atoms with E-state index in [9.17, 15) is 4.39 Å². The van der Waals surface area contributed by atoms with Gasteiger partial charge in [-0.05, 0) is 30.7 Å². The van der Waals surface area contributed by atoms with E-state index in [4.69, 9.17) is 5.73 Å². The molecule has 0 unspecified atom stereocenters. The van der Waals surface area contributed by atoms with E-state index < -0.39 is 0 Å². The Bertz CT molecular complexity index is 462. The molecule has 1 heterocycles. The average molecular weight is 191 g/mol. The van der Waals surface area contributed by atoms with Gasteiger partial charge >= 0.3 is 0 Å². The fourth-order valence-corrected chi connectivity index (χ4v) is 1.25. The molecule has 3 nitrogen and oxygen atoms in total. The molecule has 0 atom stereocenters. The monoisotopic (exact) mass is 191 g/mol. The topological polar surface area (TPSA) is 43.8 Å². The summed E-state index contributed by atoms with van der Waals surface area (Å²) in [5, 5.41) is 4.01. The van der Waals surface area contributed by atoms with E-state index in [-0.39, 0.29) is 5.82 Å². The van der Waals surface area contributed by atoms with Gasteiger partial charge < -0.3 is 5.73 Å². The smallest absolute Gasteiger partial charge is 0.150 e. The zero-order valence-corrected chi connectivity index (χ0v) is 7.74. The number of aryl methyl sites for hydroxylation is 1. The predicted octanol–water partition coefficient (Wildman–Crippen LogP) is 1.90. The van der Waals surface area contributed by atoms with E-state index >= 15 is 0 Å². The highest BCUT2D eigenvalue weighted by Gasteiger charge is 2.05. The van der Waals surface area contributed by atoms with Gasteiger partial charge in [-0.25, -0.2) is 9.07 Å². The van der Waals surface area contributed by atoms with Crippen molar-refractivity contribution in [2.24, 2.45) is 0 Å². The van der Waals surface area contributed by atoms with Gasteiger partial charge in [0.2, 0.25) is 0 Å². The minimum absolute atomic E-state index is 0.367. The fraction of sp³-hybridized carbons (Fsp3) is 0.100. The van der Waals surface area contributed by atoms with E-state index in [0.29, 0.717) is 11.4 Å². The van der Waals surface area contributed by atoms with Crippen LogP contribution in [-0.2, 0) is 0 Å². The second-order valence-electron chi connectivity index (χ2n) is 3.17. The summed E-state index contributed by atoms with van der Waals surface area (Å²) in [6.07, 6.45) is 3.43. The molecule has 0 spiro atoms. The standard InChI is InChI=1S/C10H10FN3/c1-7-5-13-14(6-7)10-3-2-8(12)4-9(10)11/h2-6H,12H2,1H3. The van der Waals surface area contributed by atoms with Crippen molar-refractivity contribution in [1.29, 1.82) is 0 Å². The molecule has 0 saturated carbocycles. The van der Waals surface area contributed by atoms with Gasteiger partial charge in [-0.15, -0.1) is 0 Å². The molecule has 2 rings (SSSR count). The van der Waals surface area contributed by atoms with Gasteiger partial charge in [-0.2, -0.15) is 5.10 Å². The second-order valence-corrected chi connectivity index (χ2v) is 3.17. The molecule has 0 amide bonds. The normalized spacial score (nSPS) is 10.4. The Hall–Kier alpha value is -1.84. The highest BCUT2D eigenvalue weighted by molar-refractivity contribution is 5.46. The summed E-state index contributed by atoms with van der Waals surface area (Å²) in [5.74, 6) is -0.367. The molecule has 1 aromatic heterocycles. The van der Waals surface area contributed by atoms with Gasteiger partial charge in [-0.3, -0.25) is 0 Å². The Kier molecular flexibility index (Phi) is 1.96. The number of aromatic nitrogens is 2. The van der Waals surface area contributed by atoms with Gasteiger partial charge in [0.05, 0.1) is 6.20 Å². The van der Waals surface area contributed by atoms with E-state index in [1.807, 2.05) is 6.92 Å². The summed E-state index contributed by atoms with van der Waals surface area (Å²) in [6, 6.07) is 4.54. The van der Waals surface area contributed by atoms with E-state index in [1.54, 1.807) is 24.5 Å². The number of nitrogen functional groups attached to an aromatic ring is 1. The Labute approximate surface area is 81.0 Å². The third-order valence-electron chi connectivity index (χ3n) is 1.93. The van der Waals surface area contributed by atoms with Crippen LogP contribution >= 0.6 is 0 Å². The molecule has 0 saturated heterocycles. The van der Waals surface area contributed by atoms with Gasteiger partial charge in [0.25, 0.3) is 0 Å². The van der Waals surface area contributed by atoms with Gasteiger partial charge in [0.1, 0.15) is 5.69 Å². The Morgan fingerprint density at radius 2 is 2.21 bits per heavy atom. The summed E-state index contributed by atoms with van der Waals surface area (Å²) in [5.41, 5.74) is 7.25. The van der Waals surface area contributed by atoms with Crippen LogP contribution in [0.25, 0.3) is 5.69 Å². The molecular formula is C10H10FN3. The van der Waals surface area contributed by atoms with Crippen LogP contribution in [0.15, 0.2) is 30.6 Å². The van der Waals surface area contributed by atoms with Crippen LogP contribution in [0, 0.1) is 12.7 Å². The van der Waals surface area contributed by atoms with Crippen LogP contribution in [0.3, 0.4) is 0 Å². The van der Waals surface area contributed by atoms with Crippen molar-refractivity contribution in [3.63, 3.8) is 0 Å². The van der Waals surface area contributed by atoms with Gasteiger partial charge in [-0.1, -0.05) is 0 Å².